The van der Waals surface area contributed by atoms with Crippen LogP contribution < -0.4 is 0 Å². The van der Waals surface area contributed by atoms with Crippen molar-refractivity contribution in [2.24, 2.45) is 0 Å². The molecule has 0 aliphatic rings. The lowest BCUT2D eigenvalue weighted by atomic mass is 10.2. The highest BCUT2D eigenvalue weighted by atomic mass is 35.5. The molecule has 62 valence electrons. The van der Waals surface area contributed by atoms with Gasteiger partial charge in [-0.15, -0.1) is 0 Å². The molecular formula is C5H8ClF3O. The molecule has 0 saturated heterocycles. The van der Waals surface area contributed by atoms with Gasteiger partial charge in [-0.05, 0) is 6.42 Å². The van der Waals surface area contributed by atoms with Crippen LogP contribution in [0.4, 0.5) is 13.2 Å². The number of aliphatic hydroxyl groups is 1. The summed E-state index contributed by atoms with van der Waals surface area (Å²) in [6.07, 6.45) is -5.01. The maximum atomic E-state index is 11.6. The van der Waals surface area contributed by atoms with Crippen LogP contribution in [0.5, 0.6) is 0 Å². The zero-order valence-corrected chi connectivity index (χ0v) is 6.13. The molecule has 0 spiro atoms. The number of hydrogen-bond donors (Lipinski definition) is 1. The third-order valence-electron chi connectivity index (χ3n) is 1.02. The molecule has 0 aromatic heterocycles. The monoisotopic (exact) mass is 176 g/mol. The predicted octanol–water partition coefficient (Wildman–Crippen LogP) is 2.28. The standard InChI is InChI=1S/C5H8ClF3O/c1-2-3-4(6,10)5(7,8)9/h10H,2-3H2,1H3. The zero-order chi connectivity index (χ0) is 8.41. The van der Waals surface area contributed by atoms with Gasteiger partial charge in [0.2, 0.25) is 5.06 Å². The average molecular weight is 177 g/mol. The Kier molecular flexibility index (Phi) is 2.98. The normalized spacial score (nSPS) is 18.6. The molecule has 0 aromatic carbocycles. The fourth-order valence-corrected chi connectivity index (χ4v) is 0.662. The van der Waals surface area contributed by atoms with Gasteiger partial charge < -0.3 is 5.11 Å². The van der Waals surface area contributed by atoms with Crippen LogP contribution in [0.15, 0.2) is 0 Å². The first-order valence-electron chi connectivity index (χ1n) is 2.79. The van der Waals surface area contributed by atoms with Crippen molar-refractivity contribution in [3.8, 4) is 0 Å². The topological polar surface area (TPSA) is 20.2 Å². The summed E-state index contributed by atoms with van der Waals surface area (Å²) >= 11 is 4.74. The molecule has 1 N–H and O–H groups in total. The van der Waals surface area contributed by atoms with Gasteiger partial charge in [-0.25, -0.2) is 0 Å². The van der Waals surface area contributed by atoms with E-state index >= 15 is 0 Å². The second-order valence-corrected chi connectivity index (χ2v) is 2.63. The molecule has 1 atom stereocenters. The average Bonchev–Trinajstić information content (AvgIpc) is 1.61. The van der Waals surface area contributed by atoms with Crippen molar-refractivity contribution in [3.63, 3.8) is 0 Å². The largest absolute Gasteiger partial charge is 0.431 e. The van der Waals surface area contributed by atoms with E-state index in [1.807, 2.05) is 0 Å². The first-order chi connectivity index (χ1) is 4.31. The maximum absolute atomic E-state index is 11.6. The summed E-state index contributed by atoms with van der Waals surface area (Å²) in [5.41, 5.74) is 0. The summed E-state index contributed by atoms with van der Waals surface area (Å²) in [4.78, 5) is 0. The minimum atomic E-state index is -4.73. The Bertz CT molecular complexity index is 110. The van der Waals surface area contributed by atoms with Crippen LogP contribution in [0.3, 0.4) is 0 Å². The fraction of sp³-hybridized carbons (Fsp3) is 1.00. The van der Waals surface area contributed by atoms with Gasteiger partial charge in [0.1, 0.15) is 0 Å². The highest BCUT2D eigenvalue weighted by Gasteiger charge is 2.51. The van der Waals surface area contributed by atoms with Crippen molar-refractivity contribution in [3.05, 3.63) is 0 Å². The maximum Gasteiger partial charge on any atom is 0.431 e. The van der Waals surface area contributed by atoms with E-state index in [2.05, 4.69) is 0 Å². The van der Waals surface area contributed by atoms with Crippen LogP contribution in [0.2, 0.25) is 0 Å². The van der Waals surface area contributed by atoms with Crippen molar-refractivity contribution in [1.29, 1.82) is 0 Å². The van der Waals surface area contributed by atoms with E-state index in [0.717, 1.165) is 0 Å². The molecule has 1 unspecified atom stereocenters. The molecule has 0 rings (SSSR count). The number of alkyl halides is 4. The molecule has 0 heterocycles. The summed E-state index contributed by atoms with van der Waals surface area (Å²) in [6.45, 7) is 1.51. The van der Waals surface area contributed by atoms with Crippen molar-refractivity contribution in [2.45, 2.75) is 31.0 Å². The number of halogens is 4. The zero-order valence-electron chi connectivity index (χ0n) is 5.37. The molecule has 0 saturated carbocycles. The molecule has 0 aliphatic carbocycles. The Hall–Kier alpha value is 0.0400. The Balaban J connectivity index is 4.10. The van der Waals surface area contributed by atoms with Crippen LogP contribution in [-0.4, -0.2) is 16.3 Å². The van der Waals surface area contributed by atoms with Crippen LogP contribution in [0.25, 0.3) is 0 Å². The van der Waals surface area contributed by atoms with Crippen molar-refractivity contribution < 1.29 is 18.3 Å². The molecule has 0 radical (unpaired) electrons. The van der Waals surface area contributed by atoms with Crippen LogP contribution in [-0.2, 0) is 0 Å². The highest BCUT2D eigenvalue weighted by Crippen LogP contribution is 2.36. The van der Waals surface area contributed by atoms with Gasteiger partial charge in [0.05, 0.1) is 0 Å². The Labute approximate surface area is 61.8 Å². The third-order valence-corrected chi connectivity index (χ3v) is 1.42. The summed E-state index contributed by atoms with van der Waals surface area (Å²) in [5, 5.41) is 5.45. The van der Waals surface area contributed by atoms with Crippen LogP contribution in [0, 0.1) is 0 Å². The van der Waals surface area contributed by atoms with E-state index in [0.29, 0.717) is 0 Å². The molecule has 10 heavy (non-hydrogen) atoms. The van der Waals surface area contributed by atoms with Crippen molar-refractivity contribution >= 4 is 11.6 Å². The van der Waals surface area contributed by atoms with Gasteiger partial charge in [-0.3, -0.25) is 0 Å². The lowest BCUT2D eigenvalue weighted by molar-refractivity contribution is -0.226. The van der Waals surface area contributed by atoms with Crippen LogP contribution in [0.1, 0.15) is 19.8 Å². The minimum absolute atomic E-state index is 0.194. The summed E-state index contributed by atoms with van der Waals surface area (Å²) in [5.74, 6) is 0. The molecule has 0 amide bonds. The molecule has 0 fully saturated rings. The van der Waals surface area contributed by atoms with E-state index in [-0.39, 0.29) is 6.42 Å². The molecule has 1 nitrogen and oxygen atoms in total. The van der Waals surface area contributed by atoms with Gasteiger partial charge in [0.25, 0.3) is 0 Å². The first kappa shape index (κ1) is 10.0. The SMILES string of the molecule is CCCC(O)(Cl)C(F)(F)F. The second-order valence-electron chi connectivity index (χ2n) is 2.01. The smallest absolute Gasteiger partial charge is 0.368 e. The minimum Gasteiger partial charge on any atom is -0.368 e. The Morgan fingerprint density at radius 2 is 1.80 bits per heavy atom. The Morgan fingerprint density at radius 3 is 1.90 bits per heavy atom. The van der Waals surface area contributed by atoms with Gasteiger partial charge >= 0.3 is 6.18 Å². The van der Waals surface area contributed by atoms with E-state index < -0.39 is 17.7 Å². The summed E-state index contributed by atoms with van der Waals surface area (Å²) < 4.78 is 34.9. The predicted molar refractivity (Wildman–Crippen MR) is 31.8 cm³/mol. The van der Waals surface area contributed by atoms with E-state index in [9.17, 15) is 13.2 Å². The molecule has 0 bridgehead atoms. The molecule has 0 aromatic rings. The van der Waals surface area contributed by atoms with E-state index in [4.69, 9.17) is 16.7 Å². The van der Waals surface area contributed by atoms with Gasteiger partial charge in [-0.2, -0.15) is 13.2 Å². The highest BCUT2D eigenvalue weighted by molar-refractivity contribution is 6.23. The molecular weight excluding hydrogens is 169 g/mol. The van der Waals surface area contributed by atoms with Gasteiger partial charge in [0.15, 0.2) is 0 Å². The third kappa shape index (κ3) is 2.34. The van der Waals surface area contributed by atoms with E-state index in [1.165, 1.54) is 6.92 Å². The fourth-order valence-electron chi connectivity index (χ4n) is 0.473. The summed E-state index contributed by atoms with van der Waals surface area (Å²) in [6, 6.07) is 0. The quantitative estimate of drug-likeness (QED) is 0.640. The Morgan fingerprint density at radius 1 is 1.40 bits per heavy atom. The lowest BCUT2D eigenvalue weighted by Gasteiger charge is -2.22. The second kappa shape index (κ2) is 2.96. The number of rotatable bonds is 2. The molecule has 0 aliphatic heterocycles. The first-order valence-corrected chi connectivity index (χ1v) is 3.17. The van der Waals surface area contributed by atoms with E-state index in [1.54, 1.807) is 0 Å². The van der Waals surface area contributed by atoms with Gasteiger partial charge in [-0.1, -0.05) is 24.9 Å². The van der Waals surface area contributed by atoms with Crippen molar-refractivity contribution in [2.75, 3.05) is 0 Å². The van der Waals surface area contributed by atoms with Crippen LogP contribution >= 0.6 is 11.6 Å². The number of hydrogen-bond acceptors (Lipinski definition) is 1. The summed E-state index contributed by atoms with van der Waals surface area (Å²) in [7, 11) is 0. The van der Waals surface area contributed by atoms with Crippen molar-refractivity contribution in [1.82, 2.24) is 0 Å². The molecule has 5 heteroatoms. The lowest BCUT2D eigenvalue weighted by Crippen LogP contribution is -2.39. The van der Waals surface area contributed by atoms with Gasteiger partial charge in [0, 0.05) is 0 Å².